The van der Waals surface area contributed by atoms with Gasteiger partial charge in [0.15, 0.2) is 0 Å². The monoisotopic (exact) mass is 511 g/mol. The van der Waals surface area contributed by atoms with Gasteiger partial charge in [-0.15, -0.1) is 12.4 Å². The van der Waals surface area contributed by atoms with Gasteiger partial charge in [0.05, 0.1) is 11.5 Å². The van der Waals surface area contributed by atoms with Crippen LogP contribution in [0.15, 0.2) is 51.7 Å². The second-order valence-corrected chi connectivity index (χ2v) is 9.91. The van der Waals surface area contributed by atoms with Crippen molar-refractivity contribution in [2.75, 3.05) is 0 Å². The molecule has 1 N–H and O–H groups in total. The fourth-order valence-corrected chi connectivity index (χ4v) is 5.59. The minimum Gasteiger partial charge on any atom is -0.481 e. The maximum atomic E-state index is 15.0. The molecule has 9 heteroatoms. The van der Waals surface area contributed by atoms with Crippen molar-refractivity contribution in [3.63, 3.8) is 0 Å². The summed E-state index contributed by atoms with van der Waals surface area (Å²) in [5.74, 6) is -0.735. The molecule has 180 valence electrons. The van der Waals surface area contributed by atoms with Crippen LogP contribution < -0.4 is 0 Å². The number of hydrogen-bond donors (Lipinski definition) is 1. The summed E-state index contributed by atoms with van der Waals surface area (Å²) in [6.07, 6.45) is 1.42. The van der Waals surface area contributed by atoms with Crippen LogP contribution in [0.2, 0.25) is 0 Å². The average Bonchev–Trinajstić information content (AvgIpc) is 3.53. The lowest BCUT2D eigenvalue weighted by molar-refractivity contribution is -0.147. The van der Waals surface area contributed by atoms with Crippen LogP contribution in [0.25, 0.3) is 34.0 Å². The molecular formula is C26H23ClFN3O3S. The molecule has 0 amide bonds. The van der Waals surface area contributed by atoms with Gasteiger partial charge in [-0.3, -0.25) is 9.69 Å². The van der Waals surface area contributed by atoms with E-state index in [-0.39, 0.29) is 24.2 Å². The molecule has 35 heavy (non-hydrogen) atoms. The number of aromatic nitrogens is 2. The summed E-state index contributed by atoms with van der Waals surface area (Å²) in [6.45, 7) is 3.55. The molecule has 1 aliphatic carbocycles. The Morgan fingerprint density at radius 1 is 1.11 bits per heavy atom. The van der Waals surface area contributed by atoms with Gasteiger partial charge in [-0.25, -0.2) is 4.39 Å². The van der Waals surface area contributed by atoms with Crippen LogP contribution in [0, 0.1) is 18.7 Å². The number of halogens is 2. The molecule has 2 aromatic carbocycles. The maximum absolute atomic E-state index is 15.0. The van der Waals surface area contributed by atoms with E-state index in [4.69, 9.17) is 9.63 Å². The summed E-state index contributed by atoms with van der Waals surface area (Å²) < 4.78 is 20.4. The van der Waals surface area contributed by atoms with Crippen molar-refractivity contribution >= 4 is 29.7 Å². The Morgan fingerprint density at radius 3 is 2.66 bits per heavy atom. The van der Waals surface area contributed by atoms with Gasteiger partial charge in [-0.1, -0.05) is 17.3 Å². The summed E-state index contributed by atoms with van der Waals surface area (Å²) in [6, 6.07) is 11.6. The lowest BCUT2D eigenvalue weighted by Crippen LogP contribution is -2.44. The van der Waals surface area contributed by atoms with E-state index in [1.165, 1.54) is 17.2 Å². The molecule has 1 saturated carbocycles. The summed E-state index contributed by atoms with van der Waals surface area (Å²) in [5, 5.41) is 17.2. The third kappa shape index (κ3) is 4.26. The topological polar surface area (TPSA) is 79.5 Å². The molecule has 6 rings (SSSR count). The second-order valence-electron chi connectivity index (χ2n) is 9.13. The predicted molar refractivity (Wildman–Crippen MR) is 134 cm³/mol. The Hall–Kier alpha value is -3.07. The average molecular weight is 512 g/mol. The first-order valence-corrected chi connectivity index (χ1v) is 12.2. The lowest BCUT2D eigenvalue weighted by atomic mass is 9.79. The quantitative estimate of drug-likeness (QED) is 0.344. The number of rotatable bonds is 5. The number of carboxylic acid groups (broad SMARTS) is 1. The minimum atomic E-state index is -0.698. The first-order valence-electron chi connectivity index (χ1n) is 11.2. The van der Waals surface area contributed by atoms with Crippen LogP contribution in [-0.2, 0) is 17.9 Å². The highest BCUT2D eigenvalue weighted by atomic mass is 35.5. The van der Waals surface area contributed by atoms with Gasteiger partial charge < -0.3 is 9.63 Å². The summed E-state index contributed by atoms with van der Waals surface area (Å²) in [7, 11) is 0. The van der Waals surface area contributed by atoms with Gasteiger partial charge in [-0.05, 0) is 82.6 Å². The van der Waals surface area contributed by atoms with Gasteiger partial charge >= 0.3 is 5.97 Å². The molecular weight excluding hydrogens is 489 g/mol. The van der Waals surface area contributed by atoms with E-state index in [9.17, 15) is 9.18 Å². The SMILES string of the molecule is Cc1cc(-c2nc(-c3ccc4c(c3)CN(C3CC(C(=O)O)C3)C4)no2)c(F)cc1-c1ccsc1.Cl. The second kappa shape index (κ2) is 9.18. The molecule has 0 atom stereocenters. The molecule has 1 fully saturated rings. The minimum absolute atomic E-state index is 0. The number of aliphatic carboxylic acids is 1. The molecule has 0 unspecified atom stereocenters. The predicted octanol–water partition coefficient (Wildman–Crippen LogP) is 6.18. The van der Waals surface area contributed by atoms with Gasteiger partial charge in [0.25, 0.3) is 5.89 Å². The van der Waals surface area contributed by atoms with Crippen LogP contribution in [0.5, 0.6) is 0 Å². The standard InChI is InChI=1S/C26H22FN3O3S.ClH/c1-14-6-22(23(27)10-21(14)17-4-5-34-13-17)25-28-24(29-33-25)15-2-3-16-11-30(12-19(16)7-15)20-8-18(9-20)26(31)32;/h2-7,10,13,18,20H,8-9,11-12H2,1H3,(H,31,32);1H. The fourth-order valence-electron chi connectivity index (χ4n) is 4.93. The Labute approximate surface area is 211 Å². The molecule has 6 nitrogen and oxygen atoms in total. The highest BCUT2D eigenvalue weighted by Gasteiger charge is 2.39. The zero-order valence-electron chi connectivity index (χ0n) is 18.9. The Kier molecular flexibility index (Phi) is 6.21. The third-order valence-corrected chi connectivity index (χ3v) is 7.68. The Morgan fingerprint density at radius 2 is 1.91 bits per heavy atom. The molecule has 2 aromatic heterocycles. The number of nitrogens with zero attached hydrogens (tertiary/aromatic N) is 3. The van der Waals surface area contributed by atoms with Crippen LogP contribution in [0.1, 0.15) is 29.5 Å². The van der Waals surface area contributed by atoms with Crippen molar-refractivity contribution < 1.29 is 18.8 Å². The van der Waals surface area contributed by atoms with Crippen molar-refractivity contribution in [1.82, 2.24) is 15.0 Å². The van der Waals surface area contributed by atoms with E-state index in [1.54, 1.807) is 17.4 Å². The summed E-state index contributed by atoms with van der Waals surface area (Å²) >= 11 is 1.58. The number of carbonyl (C=O) groups is 1. The number of hydrogen-bond acceptors (Lipinski definition) is 6. The maximum Gasteiger partial charge on any atom is 0.306 e. The third-order valence-electron chi connectivity index (χ3n) is 6.99. The van der Waals surface area contributed by atoms with E-state index in [0.717, 1.165) is 35.3 Å². The van der Waals surface area contributed by atoms with Gasteiger partial charge in [0.2, 0.25) is 5.82 Å². The number of carboxylic acids is 1. The zero-order valence-corrected chi connectivity index (χ0v) is 20.5. The van der Waals surface area contributed by atoms with Crippen LogP contribution in [0.3, 0.4) is 0 Å². The molecule has 0 bridgehead atoms. The van der Waals surface area contributed by atoms with Gasteiger partial charge in [0.1, 0.15) is 5.82 Å². The fraction of sp³-hybridized carbons (Fsp3) is 0.269. The number of aryl methyl sites for hydroxylation is 1. The first-order chi connectivity index (χ1) is 16.5. The number of fused-ring (bicyclic) bond motifs is 1. The number of thiophene rings is 1. The molecule has 4 aromatic rings. The van der Waals surface area contributed by atoms with E-state index >= 15 is 0 Å². The number of benzene rings is 2. The highest BCUT2D eigenvalue weighted by Crippen LogP contribution is 2.38. The van der Waals surface area contributed by atoms with Crippen molar-refractivity contribution in [3.05, 3.63) is 69.7 Å². The van der Waals surface area contributed by atoms with E-state index in [2.05, 4.69) is 27.2 Å². The lowest BCUT2D eigenvalue weighted by Gasteiger charge is -2.39. The Balaban J connectivity index is 0.00000253. The molecule has 0 spiro atoms. The van der Waals surface area contributed by atoms with E-state index in [1.807, 2.05) is 29.8 Å². The summed E-state index contributed by atoms with van der Waals surface area (Å²) in [5.41, 5.74) is 6.31. The van der Waals surface area contributed by atoms with Crippen LogP contribution in [0.4, 0.5) is 4.39 Å². The van der Waals surface area contributed by atoms with Crippen molar-refractivity contribution in [3.8, 4) is 34.0 Å². The molecule has 0 radical (unpaired) electrons. The van der Waals surface area contributed by atoms with Crippen LogP contribution in [-0.4, -0.2) is 32.2 Å². The van der Waals surface area contributed by atoms with Crippen molar-refractivity contribution in [2.45, 2.75) is 38.9 Å². The zero-order chi connectivity index (χ0) is 23.4. The first kappa shape index (κ1) is 23.7. The van der Waals surface area contributed by atoms with Crippen molar-refractivity contribution in [2.24, 2.45) is 5.92 Å². The van der Waals surface area contributed by atoms with Gasteiger partial charge in [0, 0.05) is 24.7 Å². The van der Waals surface area contributed by atoms with E-state index < -0.39 is 11.8 Å². The van der Waals surface area contributed by atoms with Gasteiger partial charge in [-0.2, -0.15) is 16.3 Å². The Bertz CT molecular complexity index is 1400. The highest BCUT2D eigenvalue weighted by molar-refractivity contribution is 7.08. The normalized spacial score (nSPS) is 19.1. The molecule has 0 saturated heterocycles. The molecule has 1 aliphatic heterocycles. The van der Waals surface area contributed by atoms with E-state index in [0.29, 0.717) is 30.3 Å². The van der Waals surface area contributed by atoms with Crippen LogP contribution >= 0.6 is 23.7 Å². The smallest absolute Gasteiger partial charge is 0.306 e. The molecule has 2 aliphatic rings. The largest absolute Gasteiger partial charge is 0.481 e. The summed E-state index contributed by atoms with van der Waals surface area (Å²) in [4.78, 5) is 17.9. The van der Waals surface area contributed by atoms with Crippen molar-refractivity contribution in [1.29, 1.82) is 0 Å². The molecule has 3 heterocycles.